The van der Waals surface area contributed by atoms with E-state index in [0.29, 0.717) is 25.1 Å². The van der Waals surface area contributed by atoms with Gasteiger partial charge in [0.1, 0.15) is 5.56 Å². The molecule has 0 radical (unpaired) electrons. The van der Waals surface area contributed by atoms with E-state index in [4.69, 9.17) is 9.47 Å². The average Bonchev–Trinajstić information content (AvgIpc) is 3.03. The predicted molar refractivity (Wildman–Crippen MR) is 152 cm³/mol. The van der Waals surface area contributed by atoms with Crippen molar-refractivity contribution in [1.29, 1.82) is 0 Å². The molecule has 1 saturated heterocycles. The second-order valence-electron chi connectivity index (χ2n) is 10.6. The molecule has 2 N–H and O–H groups in total. The van der Waals surface area contributed by atoms with Crippen LogP contribution in [0.3, 0.4) is 0 Å². The largest absolute Gasteiger partial charge is 0.392 e. The lowest BCUT2D eigenvalue weighted by molar-refractivity contribution is -0.252. The van der Waals surface area contributed by atoms with E-state index in [1.807, 2.05) is 61.6 Å². The first-order valence-electron chi connectivity index (χ1n) is 13.8. The minimum Gasteiger partial charge on any atom is -0.392 e. The van der Waals surface area contributed by atoms with E-state index in [0.717, 1.165) is 16.7 Å². The molecule has 11 heteroatoms. The molecule has 3 unspecified atom stereocenters. The van der Waals surface area contributed by atoms with Crippen LogP contribution in [0.1, 0.15) is 51.4 Å². The molecule has 0 spiro atoms. The Balaban J connectivity index is 1.33. The maximum absolute atomic E-state index is 14.1. The summed E-state index contributed by atoms with van der Waals surface area (Å²) in [7, 11) is 1.99. The first-order chi connectivity index (χ1) is 21.1. The Hall–Kier alpha value is -4.16. The smallest absolute Gasteiger partial charge is 0.261 e. The maximum Gasteiger partial charge on any atom is 0.261 e. The summed E-state index contributed by atoms with van der Waals surface area (Å²) < 4.78 is 81.4. The fourth-order valence-electron chi connectivity index (χ4n) is 5.06. The van der Waals surface area contributed by atoms with E-state index >= 15 is 0 Å². The van der Waals surface area contributed by atoms with E-state index in [2.05, 4.69) is 10.2 Å². The number of carbonyl (C=O) groups is 1. The Bertz CT molecular complexity index is 1570. The highest BCUT2D eigenvalue weighted by atomic mass is 19.2. The van der Waals surface area contributed by atoms with Crippen LogP contribution in [0.15, 0.2) is 78.9 Å². The zero-order chi connectivity index (χ0) is 31.4. The number of likely N-dealkylation sites (N-methyl/N-ethyl adjacent to an activating group) is 1. The zero-order valence-corrected chi connectivity index (χ0v) is 23.6. The van der Waals surface area contributed by atoms with Gasteiger partial charge in [0, 0.05) is 30.8 Å². The Kier molecular flexibility index (Phi) is 9.70. The van der Waals surface area contributed by atoms with Crippen molar-refractivity contribution in [3.63, 3.8) is 0 Å². The maximum atomic E-state index is 14.1. The predicted octanol–water partition coefficient (Wildman–Crippen LogP) is 6.80. The molecular weight excluding hydrogens is 583 g/mol. The summed E-state index contributed by atoms with van der Waals surface area (Å²) in [5.41, 5.74) is 1.86. The standard InChI is InChI=1S/C33H29F5N2O4/c1-40(16-19-5-3-2-4-6-19)17-24-15-25(21-9-7-20(18-41)8-10-21)44-33(43-24)22-11-13-23(14-12-22)39-32(42)26-27(34)29(36)31(38)30(37)28(26)35/h2-14,24-25,33,41H,15-18H2,1H3,(H,39,42). The highest BCUT2D eigenvalue weighted by molar-refractivity contribution is 6.04. The van der Waals surface area contributed by atoms with Crippen molar-refractivity contribution in [2.75, 3.05) is 18.9 Å². The topological polar surface area (TPSA) is 71.0 Å². The number of ether oxygens (including phenoxy) is 2. The number of nitrogens with zero attached hydrogens (tertiary/aromatic N) is 1. The fraction of sp³-hybridized carbons (Fsp3) is 0.242. The Morgan fingerprint density at radius 2 is 1.39 bits per heavy atom. The lowest BCUT2D eigenvalue weighted by Gasteiger charge is -2.38. The highest BCUT2D eigenvalue weighted by Crippen LogP contribution is 2.38. The Morgan fingerprint density at radius 1 is 0.795 bits per heavy atom. The summed E-state index contributed by atoms with van der Waals surface area (Å²) in [6, 6.07) is 23.4. The minimum atomic E-state index is -2.35. The number of rotatable bonds is 9. The van der Waals surface area contributed by atoms with Gasteiger partial charge in [0.2, 0.25) is 5.82 Å². The number of hydrogen-bond acceptors (Lipinski definition) is 5. The number of amides is 1. The second kappa shape index (κ2) is 13.6. The molecule has 1 fully saturated rings. The molecule has 1 aliphatic rings. The van der Waals surface area contributed by atoms with Gasteiger partial charge < -0.3 is 19.9 Å². The summed E-state index contributed by atoms with van der Waals surface area (Å²) in [6.07, 6.45) is -0.838. The van der Waals surface area contributed by atoms with Gasteiger partial charge in [0.05, 0.1) is 18.8 Å². The number of hydrogen-bond donors (Lipinski definition) is 2. The van der Waals surface area contributed by atoms with Crippen LogP contribution in [-0.4, -0.2) is 35.6 Å². The lowest BCUT2D eigenvalue weighted by Crippen LogP contribution is -2.37. The van der Waals surface area contributed by atoms with Crippen LogP contribution in [0.5, 0.6) is 0 Å². The van der Waals surface area contributed by atoms with Crippen molar-refractivity contribution in [2.45, 2.75) is 38.1 Å². The third-order valence-corrected chi connectivity index (χ3v) is 7.30. The van der Waals surface area contributed by atoms with Gasteiger partial charge in [0.25, 0.3) is 5.91 Å². The number of anilines is 1. The molecule has 1 heterocycles. The third kappa shape index (κ3) is 6.97. The van der Waals surface area contributed by atoms with Crippen molar-refractivity contribution in [3.8, 4) is 0 Å². The average molecular weight is 613 g/mol. The van der Waals surface area contributed by atoms with E-state index in [1.165, 1.54) is 12.1 Å². The number of carbonyl (C=O) groups excluding carboxylic acids is 1. The molecule has 3 atom stereocenters. The van der Waals surface area contributed by atoms with Crippen molar-refractivity contribution in [2.24, 2.45) is 0 Å². The van der Waals surface area contributed by atoms with Gasteiger partial charge in [-0.2, -0.15) is 0 Å². The molecular formula is C33H29F5N2O4. The van der Waals surface area contributed by atoms with Crippen LogP contribution < -0.4 is 5.32 Å². The molecule has 0 bridgehead atoms. The van der Waals surface area contributed by atoms with Gasteiger partial charge in [-0.25, -0.2) is 22.0 Å². The van der Waals surface area contributed by atoms with Crippen LogP contribution in [0, 0.1) is 29.1 Å². The molecule has 4 aromatic carbocycles. The molecule has 6 nitrogen and oxygen atoms in total. The van der Waals surface area contributed by atoms with Crippen LogP contribution in [-0.2, 0) is 22.6 Å². The van der Waals surface area contributed by atoms with Crippen molar-refractivity contribution < 1.29 is 41.3 Å². The first-order valence-corrected chi connectivity index (χ1v) is 13.8. The zero-order valence-electron chi connectivity index (χ0n) is 23.6. The summed E-state index contributed by atoms with van der Waals surface area (Å²) in [5, 5.41) is 11.6. The number of aliphatic hydroxyl groups excluding tert-OH is 1. The molecule has 1 aliphatic heterocycles. The summed E-state index contributed by atoms with van der Waals surface area (Å²) in [4.78, 5) is 14.6. The van der Waals surface area contributed by atoms with Crippen molar-refractivity contribution in [1.82, 2.24) is 4.90 Å². The van der Waals surface area contributed by atoms with Gasteiger partial charge in [0.15, 0.2) is 29.6 Å². The molecule has 0 saturated carbocycles. The number of halogens is 5. The Morgan fingerprint density at radius 3 is 2.00 bits per heavy atom. The number of aliphatic hydroxyl groups is 1. The summed E-state index contributed by atoms with van der Waals surface area (Å²) in [6.45, 7) is 1.22. The molecule has 0 aliphatic carbocycles. The van der Waals surface area contributed by atoms with Gasteiger partial charge in [-0.1, -0.05) is 66.7 Å². The molecule has 4 aromatic rings. The summed E-state index contributed by atoms with van der Waals surface area (Å²) in [5.74, 6) is -12.7. The first kappa shape index (κ1) is 31.3. The van der Waals surface area contributed by atoms with Gasteiger partial charge >= 0.3 is 0 Å². The number of nitrogens with one attached hydrogen (secondary N) is 1. The summed E-state index contributed by atoms with van der Waals surface area (Å²) >= 11 is 0. The Labute approximate surface area is 250 Å². The van der Waals surface area contributed by atoms with E-state index in [-0.39, 0.29) is 24.5 Å². The molecule has 44 heavy (non-hydrogen) atoms. The van der Waals surface area contributed by atoms with Crippen LogP contribution in [0.25, 0.3) is 0 Å². The van der Waals surface area contributed by atoms with E-state index in [1.54, 1.807) is 12.1 Å². The van der Waals surface area contributed by atoms with Crippen molar-refractivity contribution in [3.05, 3.63) is 136 Å². The van der Waals surface area contributed by atoms with Crippen LogP contribution >= 0.6 is 0 Å². The van der Waals surface area contributed by atoms with Crippen molar-refractivity contribution >= 4 is 11.6 Å². The fourth-order valence-corrected chi connectivity index (χ4v) is 5.06. The lowest BCUT2D eigenvalue weighted by atomic mass is 9.99. The highest BCUT2D eigenvalue weighted by Gasteiger charge is 2.33. The molecule has 0 aromatic heterocycles. The molecule has 5 rings (SSSR count). The van der Waals surface area contributed by atoms with E-state index in [9.17, 15) is 31.9 Å². The van der Waals surface area contributed by atoms with Gasteiger partial charge in [-0.3, -0.25) is 9.69 Å². The number of benzene rings is 4. The van der Waals surface area contributed by atoms with Crippen LogP contribution in [0.4, 0.5) is 27.6 Å². The minimum absolute atomic E-state index is 0.0498. The van der Waals surface area contributed by atoms with Gasteiger partial charge in [-0.05, 0) is 35.9 Å². The second-order valence-corrected chi connectivity index (χ2v) is 10.6. The molecule has 230 valence electrons. The SMILES string of the molecule is CN(Cc1ccccc1)CC1CC(c2ccc(CO)cc2)OC(c2ccc(NC(=O)c3c(F)c(F)c(F)c(F)c3F)cc2)O1. The van der Waals surface area contributed by atoms with Crippen LogP contribution in [0.2, 0.25) is 0 Å². The normalized spacial score (nSPS) is 18.4. The van der Waals surface area contributed by atoms with E-state index < -0.39 is 46.8 Å². The monoisotopic (exact) mass is 612 g/mol. The molecule has 1 amide bonds. The quantitative estimate of drug-likeness (QED) is 0.124. The van der Waals surface area contributed by atoms with Gasteiger partial charge in [-0.15, -0.1) is 0 Å². The third-order valence-electron chi connectivity index (χ3n) is 7.30.